The summed E-state index contributed by atoms with van der Waals surface area (Å²) >= 11 is 0. The number of pyridine rings is 1. The highest BCUT2D eigenvalue weighted by Crippen LogP contribution is 2.43. The third-order valence-electron chi connectivity index (χ3n) is 8.67. The van der Waals surface area contributed by atoms with Gasteiger partial charge in [0.25, 0.3) is 0 Å². The van der Waals surface area contributed by atoms with Gasteiger partial charge < -0.3 is 9.13 Å². The third kappa shape index (κ3) is 4.50. The van der Waals surface area contributed by atoms with E-state index in [2.05, 4.69) is 11.1 Å². The highest BCUT2D eigenvalue weighted by molar-refractivity contribution is 6.12. The van der Waals surface area contributed by atoms with E-state index in [1.807, 2.05) is 27.3 Å². The Kier molecular flexibility index (Phi) is 6.40. The van der Waals surface area contributed by atoms with Crippen LogP contribution in [0.3, 0.4) is 0 Å². The number of hydrogen-bond acceptors (Lipinski definition) is 2. The van der Waals surface area contributed by atoms with Crippen LogP contribution < -0.4 is 0 Å². The molecule has 0 fully saturated rings. The van der Waals surface area contributed by atoms with Gasteiger partial charge in [0.2, 0.25) is 0 Å². The van der Waals surface area contributed by atoms with Gasteiger partial charge >= 0.3 is 12.4 Å². The van der Waals surface area contributed by atoms with Gasteiger partial charge in [-0.1, -0.05) is 48.5 Å². The first-order valence-electron chi connectivity index (χ1n) is 14.7. The highest BCUT2D eigenvalue weighted by atomic mass is 19.4. The molecule has 0 aliphatic heterocycles. The number of halogens is 6. The van der Waals surface area contributed by atoms with Crippen LogP contribution in [0.1, 0.15) is 16.7 Å². The van der Waals surface area contributed by atoms with Crippen molar-refractivity contribution in [2.45, 2.75) is 12.4 Å². The number of aromatic nitrogens is 3. The molecule has 0 amide bonds. The van der Waals surface area contributed by atoms with Crippen molar-refractivity contribution in [1.29, 1.82) is 5.26 Å². The second kappa shape index (κ2) is 10.5. The van der Waals surface area contributed by atoms with E-state index in [0.29, 0.717) is 71.7 Å². The smallest absolute Gasteiger partial charge is 0.307 e. The zero-order chi connectivity index (χ0) is 33.4. The molecule has 0 saturated heterocycles. The molecule has 0 unspecified atom stereocenters. The number of alkyl halides is 6. The lowest BCUT2D eigenvalue weighted by atomic mass is 10.0. The van der Waals surface area contributed by atoms with Crippen molar-refractivity contribution in [3.63, 3.8) is 0 Å². The molecule has 0 atom stereocenters. The second-order valence-electron chi connectivity index (χ2n) is 11.4. The van der Waals surface area contributed by atoms with Gasteiger partial charge in [-0.3, -0.25) is 4.98 Å². The second-order valence-corrected chi connectivity index (χ2v) is 11.4. The van der Waals surface area contributed by atoms with Crippen molar-refractivity contribution in [1.82, 2.24) is 14.1 Å². The molecular formula is C38H20F6N4. The Balaban J connectivity index is 1.52. The maximum Gasteiger partial charge on any atom is 0.416 e. The molecule has 0 bridgehead atoms. The summed E-state index contributed by atoms with van der Waals surface area (Å²) in [5.74, 6) is 0. The minimum Gasteiger partial charge on any atom is -0.307 e. The molecule has 0 spiro atoms. The summed E-state index contributed by atoms with van der Waals surface area (Å²) in [6.45, 7) is 0. The number of nitriles is 1. The normalized spacial score (nSPS) is 12.4. The van der Waals surface area contributed by atoms with E-state index in [-0.39, 0.29) is 0 Å². The number of rotatable bonds is 3. The molecule has 4 nitrogen and oxygen atoms in total. The van der Waals surface area contributed by atoms with E-state index in [9.17, 15) is 31.6 Å². The summed E-state index contributed by atoms with van der Waals surface area (Å²) in [6, 6.07) is 30.5. The van der Waals surface area contributed by atoms with E-state index in [4.69, 9.17) is 0 Å². The maximum atomic E-state index is 13.8. The fourth-order valence-electron chi connectivity index (χ4n) is 6.64. The van der Waals surface area contributed by atoms with E-state index >= 15 is 0 Å². The van der Waals surface area contributed by atoms with Crippen LogP contribution in [-0.2, 0) is 12.4 Å². The number of benzene rings is 5. The molecule has 0 aliphatic rings. The van der Waals surface area contributed by atoms with Gasteiger partial charge in [-0.05, 0) is 66.2 Å². The largest absolute Gasteiger partial charge is 0.416 e. The molecule has 0 aliphatic carbocycles. The van der Waals surface area contributed by atoms with Gasteiger partial charge in [-0.15, -0.1) is 0 Å². The van der Waals surface area contributed by atoms with Gasteiger partial charge in [0.15, 0.2) is 0 Å². The average molecular weight is 647 g/mol. The summed E-state index contributed by atoms with van der Waals surface area (Å²) < 4.78 is 86.8. The van der Waals surface area contributed by atoms with Crippen molar-refractivity contribution in [3.8, 4) is 28.6 Å². The molecule has 0 saturated carbocycles. The summed E-state index contributed by atoms with van der Waals surface area (Å²) in [5.41, 5.74) is 3.25. The number of hydrogen-bond donors (Lipinski definition) is 0. The molecule has 0 radical (unpaired) electrons. The molecule has 10 heteroatoms. The van der Waals surface area contributed by atoms with Gasteiger partial charge in [-0.2, -0.15) is 31.6 Å². The monoisotopic (exact) mass is 646 g/mol. The zero-order valence-corrected chi connectivity index (χ0v) is 24.6. The molecule has 8 rings (SSSR count). The standard InChI is InChI=1S/C38H20F6N4/c39-37(40,41)24-12-14-32-28(17-24)26-8-1-3-10-30(26)47(32)34-20-46-21-35(36(34)23-7-5-6-22(16-23)19-45)48-31-11-4-2-9-27(31)29-18-25(38(42,43)44)13-15-33(29)48/h1-18,20-21H. The van der Waals surface area contributed by atoms with Crippen molar-refractivity contribution in [3.05, 3.63) is 138 Å². The molecule has 5 aromatic carbocycles. The molecule has 0 N–H and O–H groups in total. The first kappa shape index (κ1) is 29.3. The van der Waals surface area contributed by atoms with Crippen molar-refractivity contribution < 1.29 is 26.3 Å². The van der Waals surface area contributed by atoms with Crippen molar-refractivity contribution in [2.24, 2.45) is 0 Å². The average Bonchev–Trinajstić information content (AvgIpc) is 3.59. The highest BCUT2D eigenvalue weighted by Gasteiger charge is 2.33. The lowest BCUT2D eigenvalue weighted by Gasteiger charge is -2.19. The van der Waals surface area contributed by atoms with Crippen molar-refractivity contribution >= 4 is 43.6 Å². The SMILES string of the molecule is N#Cc1cccc(-c2c(-n3c4ccccc4c4cc(C(F)(F)F)ccc43)cncc2-n2c3ccccc3c3cc(C(F)(F)F)ccc32)c1. The van der Waals surface area contributed by atoms with Gasteiger partial charge in [0.1, 0.15) is 0 Å². The van der Waals surface area contributed by atoms with Crippen LogP contribution >= 0.6 is 0 Å². The molecule has 3 heterocycles. The molecule has 234 valence electrons. The lowest BCUT2D eigenvalue weighted by Crippen LogP contribution is -2.06. The predicted molar refractivity (Wildman–Crippen MR) is 173 cm³/mol. The Morgan fingerprint density at radius 1 is 0.521 bits per heavy atom. The topological polar surface area (TPSA) is 46.5 Å². The molecular weight excluding hydrogens is 626 g/mol. The van der Waals surface area contributed by atoms with Crippen LogP contribution in [0.2, 0.25) is 0 Å². The van der Waals surface area contributed by atoms with Gasteiger partial charge in [-0.25, -0.2) is 0 Å². The van der Waals surface area contributed by atoms with Crippen LogP contribution in [0.4, 0.5) is 26.3 Å². The quantitative estimate of drug-likeness (QED) is 0.179. The summed E-state index contributed by atoms with van der Waals surface area (Å²) in [4.78, 5) is 4.60. The third-order valence-corrected chi connectivity index (χ3v) is 8.67. The fraction of sp³-hybridized carbons (Fsp3) is 0.0526. The van der Waals surface area contributed by atoms with E-state index < -0.39 is 23.5 Å². The molecule has 48 heavy (non-hydrogen) atoms. The molecule has 3 aromatic heterocycles. The van der Waals surface area contributed by atoms with E-state index in [0.717, 1.165) is 24.3 Å². The summed E-state index contributed by atoms with van der Waals surface area (Å²) in [6.07, 6.45) is -5.89. The Bertz CT molecular complexity index is 2470. The van der Waals surface area contributed by atoms with Crippen LogP contribution in [0.15, 0.2) is 122 Å². The Morgan fingerprint density at radius 2 is 1.00 bits per heavy atom. The summed E-state index contributed by atoms with van der Waals surface area (Å²) in [7, 11) is 0. The minimum absolute atomic E-state index is 0.371. The van der Waals surface area contributed by atoms with Crippen molar-refractivity contribution in [2.75, 3.05) is 0 Å². The van der Waals surface area contributed by atoms with Gasteiger partial charge in [0.05, 0.1) is 68.6 Å². The number of fused-ring (bicyclic) bond motifs is 6. The van der Waals surface area contributed by atoms with E-state index in [1.54, 1.807) is 67.0 Å². The Morgan fingerprint density at radius 3 is 1.48 bits per heavy atom. The fourth-order valence-corrected chi connectivity index (χ4v) is 6.64. The molecule has 8 aromatic rings. The van der Waals surface area contributed by atoms with Crippen LogP contribution in [0.5, 0.6) is 0 Å². The Labute approximate surface area is 268 Å². The maximum absolute atomic E-state index is 13.8. The first-order chi connectivity index (χ1) is 23.0. The lowest BCUT2D eigenvalue weighted by molar-refractivity contribution is -0.138. The number of para-hydroxylation sites is 2. The minimum atomic E-state index is -4.55. The predicted octanol–water partition coefficient (Wildman–Crippen LogP) is 10.9. The van der Waals surface area contributed by atoms with Crippen LogP contribution in [-0.4, -0.2) is 14.1 Å². The van der Waals surface area contributed by atoms with Gasteiger partial charge in [0, 0.05) is 27.1 Å². The Hall–Kier alpha value is -6.08. The van der Waals surface area contributed by atoms with E-state index in [1.165, 1.54) is 12.1 Å². The van der Waals surface area contributed by atoms with Crippen LogP contribution in [0.25, 0.3) is 66.1 Å². The summed E-state index contributed by atoms with van der Waals surface area (Å²) in [5, 5.41) is 11.8. The first-order valence-corrected chi connectivity index (χ1v) is 14.7. The number of nitrogens with zero attached hydrogens (tertiary/aromatic N) is 4. The van der Waals surface area contributed by atoms with Crippen LogP contribution in [0, 0.1) is 11.3 Å². The zero-order valence-electron chi connectivity index (χ0n) is 24.6.